The monoisotopic (exact) mass is 1120 g/mol. The van der Waals surface area contributed by atoms with Crippen LogP contribution in [0.2, 0.25) is 0 Å². The van der Waals surface area contributed by atoms with E-state index in [0.717, 1.165) is 116 Å². The topological polar surface area (TPSA) is 190 Å². The van der Waals surface area contributed by atoms with Crippen LogP contribution in [0.15, 0.2) is 102 Å². The number of ether oxygens (including phenoxy) is 1. The number of methoxy groups -OCH3 is 1. The molecule has 5 aliphatic heterocycles. The van der Waals surface area contributed by atoms with Crippen molar-refractivity contribution in [3.05, 3.63) is 113 Å². The van der Waals surface area contributed by atoms with Crippen molar-refractivity contribution < 1.29 is 28.5 Å². The van der Waals surface area contributed by atoms with Gasteiger partial charge in [-0.3, -0.25) is 39.0 Å². The molecule has 11 rings (SSSR count). The van der Waals surface area contributed by atoms with Crippen LogP contribution in [0.1, 0.15) is 59.2 Å². The van der Waals surface area contributed by atoms with E-state index < -0.39 is 30.9 Å². The zero-order valence-corrected chi connectivity index (χ0v) is 46.4. The van der Waals surface area contributed by atoms with Crippen LogP contribution < -0.4 is 35.8 Å². The van der Waals surface area contributed by atoms with Gasteiger partial charge in [0.1, 0.15) is 24.8 Å². The number of aryl methyl sites for hydroxylation is 1. The number of fused-ring (bicyclic) bond motifs is 1. The summed E-state index contributed by atoms with van der Waals surface area (Å²) in [5.41, 5.74) is 8.08. The minimum absolute atomic E-state index is 0.0926. The predicted molar refractivity (Wildman–Crippen MR) is 304 cm³/mol. The number of carbonyl (C=O) groups excluding carboxylic acids is 4. The van der Waals surface area contributed by atoms with E-state index in [1.54, 1.807) is 38.8 Å². The highest BCUT2D eigenvalue weighted by Gasteiger charge is 2.45. The fourth-order valence-electron chi connectivity index (χ4n) is 11.7. The van der Waals surface area contributed by atoms with Gasteiger partial charge in [-0.05, 0) is 128 Å². The Morgan fingerprint density at radius 1 is 0.740 bits per heavy atom. The highest BCUT2D eigenvalue weighted by molar-refractivity contribution is 9.10. The van der Waals surface area contributed by atoms with Gasteiger partial charge in [-0.1, -0.05) is 36.4 Å². The highest BCUT2D eigenvalue weighted by Crippen LogP contribution is 2.43. The molecular weight excluding hydrogens is 1060 g/mol. The summed E-state index contributed by atoms with van der Waals surface area (Å²) in [7, 11) is 0.897. The van der Waals surface area contributed by atoms with Crippen molar-refractivity contribution in [1.29, 1.82) is 0 Å². The fraction of sp³-hybridized carbons (Fsp3) is 0.386. The molecule has 4 saturated heterocycles. The molecule has 5 aliphatic rings. The second-order valence-electron chi connectivity index (χ2n) is 21.2. The molecule has 4 amide bonds. The Balaban J connectivity index is 0.699. The van der Waals surface area contributed by atoms with Crippen molar-refractivity contribution in [2.45, 2.75) is 50.6 Å². The van der Waals surface area contributed by atoms with Crippen LogP contribution in [0.5, 0.6) is 5.75 Å². The van der Waals surface area contributed by atoms with Crippen LogP contribution in [-0.4, -0.2) is 150 Å². The maximum Gasteiger partial charge on any atom is 0.262 e. The van der Waals surface area contributed by atoms with Crippen molar-refractivity contribution in [2.75, 3.05) is 99.8 Å². The molecule has 77 heavy (non-hydrogen) atoms. The molecule has 0 radical (unpaired) electrons. The third-order valence-corrected chi connectivity index (χ3v) is 18.0. The molecule has 7 heterocycles. The van der Waals surface area contributed by atoms with E-state index in [9.17, 15) is 23.7 Å². The minimum Gasteiger partial charge on any atom is -0.494 e. The third-order valence-electron chi connectivity index (χ3n) is 15.9. The van der Waals surface area contributed by atoms with Crippen molar-refractivity contribution in [3.63, 3.8) is 0 Å². The number of nitrogens with one attached hydrogen (secondary N) is 3. The van der Waals surface area contributed by atoms with E-state index in [-0.39, 0.29) is 18.7 Å². The molecule has 6 aromatic rings. The van der Waals surface area contributed by atoms with Gasteiger partial charge in [-0.25, -0.2) is 4.98 Å². The van der Waals surface area contributed by atoms with Crippen LogP contribution in [0.4, 0.5) is 34.5 Å². The van der Waals surface area contributed by atoms with Gasteiger partial charge in [-0.15, -0.1) is 0 Å². The number of piperidine rings is 3. The summed E-state index contributed by atoms with van der Waals surface area (Å²) in [6, 6.07) is 25.2. The number of anilines is 6. The van der Waals surface area contributed by atoms with Crippen molar-refractivity contribution in [1.82, 2.24) is 39.8 Å². The lowest BCUT2D eigenvalue weighted by Gasteiger charge is -2.44. The molecule has 3 N–H and O–H groups in total. The Hall–Kier alpha value is -6.92. The van der Waals surface area contributed by atoms with Crippen molar-refractivity contribution in [2.24, 2.45) is 13.0 Å². The van der Waals surface area contributed by atoms with E-state index in [4.69, 9.17) is 9.72 Å². The van der Waals surface area contributed by atoms with Crippen LogP contribution in [-0.2, 0) is 21.2 Å². The van der Waals surface area contributed by atoms with Crippen LogP contribution in [0.25, 0.3) is 22.3 Å². The Bertz CT molecular complexity index is 3290. The predicted octanol–water partition coefficient (Wildman–Crippen LogP) is 7.95. The number of aromatic nitrogens is 4. The molecule has 4 aromatic carbocycles. The third kappa shape index (κ3) is 11.0. The van der Waals surface area contributed by atoms with Crippen LogP contribution in [0.3, 0.4) is 0 Å². The number of piperazine rings is 1. The molecule has 0 aliphatic carbocycles. The van der Waals surface area contributed by atoms with E-state index >= 15 is 0 Å². The fourth-order valence-corrected chi connectivity index (χ4v) is 13.2. The number of rotatable bonds is 14. The SMILES string of the molecule is COc1cc(N2CCC(N3CCC(CN4CCN(c5ccc6c(c5)C(=O)N(C5CCC(=O)NC5=O)C6=O)CC4)CC3)CC2)c(-c2cnn(C)c2)cc1Nc1ncc(Br)c(Nc2ccc(-c3ccccc3)cc2P(C)(C)=O)n1. The average Bonchev–Trinajstić information content (AvgIpc) is 3.99. The van der Waals surface area contributed by atoms with Gasteiger partial charge in [0.25, 0.3) is 11.8 Å². The minimum atomic E-state index is -2.71. The summed E-state index contributed by atoms with van der Waals surface area (Å²) in [5.74, 6) is 0.227. The van der Waals surface area contributed by atoms with Crippen molar-refractivity contribution >= 4 is 86.5 Å². The molecule has 0 saturated carbocycles. The first-order valence-corrected chi connectivity index (χ1v) is 29.9. The average molecular weight is 1120 g/mol. The number of likely N-dealkylation sites (tertiary alicyclic amines) is 1. The Labute approximate surface area is 457 Å². The number of halogens is 1. The second-order valence-corrected chi connectivity index (χ2v) is 25.3. The molecule has 0 spiro atoms. The van der Waals surface area contributed by atoms with Crippen LogP contribution in [0, 0.1) is 5.92 Å². The molecule has 1 unspecified atom stereocenters. The summed E-state index contributed by atoms with van der Waals surface area (Å²) in [5, 5.41) is 14.4. The Kier molecular flexibility index (Phi) is 14.8. The van der Waals surface area contributed by atoms with E-state index in [1.807, 2.05) is 78.7 Å². The molecule has 4 fully saturated rings. The molecule has 2 aromatic heterocycles. The van der Waals surface area contributed by atoms with Gasteiger partial charge in [0, 0.05) is 112 Å². The lowest BCUT2D eigenvalue weighted by molar-refractivity contribution is -0.136. The van der Waals surface area contributed by atoms with Gasteiger partial charge in [0.2, 0.25) is 17.8 Å². The first-order valence-electron chi connectivity index (χ1n) is 26.5. The molecule has 400 valence electrons. The highest BCUT2D eigenvalue weighted by atomic mass is 79.9. The van der Waals surface area contributed by atoms with E-state index in [1.165, 1.54) is 12.8 Å². The van der Waals surface area contributed by atoms with Gasteiger partial charge < -0.3 is 34.6 Å². The molecule has 18 nitrogen and oxygen atoms in total. The normalized spacial score (nSPS) is 19.2. The van der Waals surface area contributed by atoms with Crippen LogP contribution >= 0.6 is 23.1 Å². The van der Waals surface area contributed by atoms with E-state index in [0.29, 0.717) is 56.4 Å². The van der Waals surface area contributed by atoms with E-state index in [2.05, 4.69) is 73.7 Å². The first kappa shape index (κ1) is 52.1. The van der Waals surface area contributed by atoms with Crippen molar-refractivity contribution in [3.8, 4) is 28.0 Å². The van der Waals surface area contributed by atoms with Gasteiger partial charge in [0.15, 0.2) is 0 Å². The zero-order chi connectivity index (χ0) is 53.5. The number of benzene rings is 4. The zero-order valence-electron chi connectivity index (χ0n) is 43.9. The summed E-state index contributed by atoms with van der Waals surface area (Å²) in [6.07, 6.45) is 10.3. The lowest BCUT2D eigenvalue weighted by atomic mass is 9.92. The summed E-state index contributed by atoms with van der Waals surface area (Å²) >= 11 is 3.65. The van der Waals surface area contributed by atoms with Gasteiger partial charge in [0.05, 0.1) is 40.3 Å². The standard InChI is InChI=1S/C57H64BrN12O6P/c1-65-35-39(32-60-65)43-30-47(62-57-59-33-45(58)53(64-57)61-46-13-10-38(28-51(46)77(3,4)75)37-8-6-5-7-9-37)50(76-2)31-49(43)69-22-18-40(19-23-69)67-20-16-36(17-21-67)34-66-24-26-68(27-25-66)41-11-12-42-44(29-41)56(74)70(55(42)73)48-14-15-52(71)63-54(48)72/h5-13,28-33,35-36,40,48H,14-27,34H2,1-4H3,(H,63,71,72)(H2,59,61,62,64). The summed E-state index contributed by atoms with van der Waals surface area (Å²) in [6.45, 7) is 12.1. The maximum absolute atomic E-state index is 13.7. The largest absolute Gasteiger partial charge is 0.494 e. The first-order chi connectivity index (χ1) is 37.2. The number of hydrogen-bond acceptors (Lipinski definition) is 15. The Morgan fingerprint density at radius 3 is 2.19 bits per heavy atom. The summed E-state index contributed by atoms with van der Waals surface area (Å²) < 4.78 is 22.2. The van der Waals surface area contributed by atoms with Gasteiger partial charge >= 0.3 is 0 Å². The molecular formula is C57H64BrN12O6P. The summed E-state index contributed by atoms with van der Waals surface area (Å²) in [4.78, 5) is 71.6. The number of amides is 4. The number of carbonyl (C=O) groups is 4. The number of imide groups is 2. The smallest absolute Gasteiger partial charge is 0.262 e. The molecule has 0 bridgehead atoms. The molecule has 20 heteroatoms. The maximum atomic E-state index is 13.7. The van der Waals surface area contributed by atoms with Gasteiger partial charge in [-0.2, -0.15) is 10.1 Å². The lowest BCUT2D eigenvalue weighted by Crippen LogP contribution is -2.54. The number of hydrogen-bond donors (Lipinski definition) is 3. The quantitative estimate of drug-likeness (QED) is 0.0703. The molecule has 1 atom stereocenters. The Morgan fingerprint density at radius 2 is 1.49 bits per heavy atom. The second kappa shape index (κ2) is 21.8. The number of nitrogens with zero attached hydrogens (tertiary/aromatic N) is 9.